The number of nitrogens with one attached hydrogen (secondary N) is 1. The zero-order chi connectivity index (χ0) is 31.0. The summed E-state index contributed by atoms with van der Waals surface area (Å²) in [5.74, 6) is -0.132. The molecule has 0 aliphatic heterocycles. The Morgan fingerprint density at radius 2 is 1.57 bits per heavy atom. The van der Waals surface area contributed by atoms with Crippen LogP contribution in [0.25, 0.3) is 0 Å². The number of ether oxygens (including phenoxy) is 1. The van der Waals surface area contributed by atoms with Crippen LogP contribution in [0.3, 0.4) is 0 Å². The molecule has 1 N–H and O–H groups in total. The van der Waals surface area contributed by atoms with E-state index in [9.17, 15) is 18.0 Å². The summed E-state index contributed by atoms with van der Waals surface area (Å²) in [6.07, 6.45) is 1.08. The van der Waals surface area contributed by atoms with Crippen molar-refractivity contribution in [1.82, 2.24) is 10.2 Å². The fourth-order valence-corrected chi connectivity index (χ4v) is 5.96. The fourth-order valence-electron chi connectivity index (χ4n) is 4.43. The highest BCUT2D eigenvalue weighted by Gasteiger charge is 2.34. The number of hydrogen-bond acceptors (Lipinski definition) is 5. The van der Waals surface area contributed by atoms with Crippen molar-refractivity contribution in [2.24, 2.45) is 0 Å². The van der Waals surface area contributed by atoms with Gasteiger partial charge in [-0.3, -0.25) is 13.9 Å². The van der Waals surface area contributed by atoms with E-state index in [4.69, 9.17) is 16.3 Å². The first-order valence-corrected chi connectivity index (χ1v) is 15.8. The predicted octanol–water partition coefficient (Wildman–Crippen LogP) is 5.88. The number of hydrogen-bond donors (Lipinski definition) is 1. The van der Waals surface area contributed by atoms with E-state index in [0.29, 0.717) is 22.9 Å². The third kappa shape index (κ3) is 8.04. The highest BCUT2D eigenvalue weighted by molar-refractivity contribution is 7.92. The second-order valence-corrected chi connectivity index (χ2v) is 12.6. The summed E-state index contributed by atoms with van der Waals surface area (Å²) < 4.78 is 34.4. The molecule has 2 atom stereocenters. The van der Waals surface area contributed by atoms with E-state index in [1.807, 2.05) is 52.8 Å². The van der Waals surface area contributed by atoms with Gasteiger partial charge in [-0.15, -0.1) is 0 Å². The highest BCUT2D eigenvalue weighted by atomic mass is 35.5. The SMILES string of the molecule is CC[C@H](C(=O)N[C@@H](C)CC)N(Cc1ccc(OC)cc1)C(=O)CN(c1ccc(C)c(C)c1)S(=O)(=O)c1ccc(Cl)cc1. The Labute approximate surface area is 254 Å². The molecule has 0 aromatic heterocycles. The van der Waals surface area contributed by atoms with Crippen LogP contribution in [0.5, 0.6) is 5.75 Å². The maximum Gasteiger partial charge on any atom is 0.264 e. The molecule has 42 heavy (non-hydrogen) atoms. The fraction of sp³-hybridized carbons (Fsp3) is 0.375. The molecule has 0 heterocycles. The van der Waals surface area contributed by atoms with Gasteiger partial charge in [0.05, 0.1) is 17.7 Å². The van der Waals surface area contributed by atoms with Gasteiger partial charge >= 0.3 is 0 Å². The van der Waals surface area contributed by atoms with Crippen LogP contribution >= 0.6 is 11.6 Å². The number of sulfonamides is 1. The molecule has 0 aliphatic rings. The molecular formula is C32H40ClN3O5S. The molecule has 0 spiro atoms. The summed E-state index contributed by atoms with van der Waals surface area (Å²) >= 11 is 6.03. The minimum Gasteiger partial charge on any atom is -0.497 e. The molecule has 3 rings (SSSR count). The van der Waals surface area contributed by atoms with Crippen molar-refractivity contribution in [3.8, 4) is 5.75 Å². The highest BCUT2D eigenvalue weighted by Crippen LogP contribution is 2.27. The molecule has 0 aliphatic carbocycles. The molecule has 0 radical (unpaired) electrons. The van der Waals surface area contributed by atoms with Gasteiger partial charge in [-0.05, 0) is 98.8 Å². The van der Waals surface area contributed by atoms with Crippen molar-refractivity contribution in [1.29, 1.82) is 0 Å². The predicted molar refractivity (Wildman–Crippen MR) is 167 cm³/mol. The molecule has 0 unspecified atom stereocenters. The largest absolute Gasteiger partial charge is 0.497 e. The van der Waals surface area contributed by atoms with Crippen molar-refractivity contribution in [3.05, 3.63) is 88.4 Å². The van der Waals surface area contributed by atoms with E-state index in [2.05, 4.69) is 5.32 Å². The molecular weight excluding hydrogens is 574 g/mol. The average molecular weight is 614 g/mol. The number of nitrogens with zero attached hydrogens (tertiary/aromatic N) is 2. The smallest absolute Gasteiger partial charge is 0.264 e. The molecule has 226 valence electrons. The third-order valence-electron chi connectivity index (χ3n) is 7.36. The van der Waals surface area contributed by atoms with Gasteiger partial charge in [0.1, 0.15) is 18.3 Å². The van der Waals surface area contributed by atoms with E-state index in [1.165, 1.54) is 29.2 Å². The Hall–Kier alpha value is -3.56. The Kier molecular flexibility index (Phi) is 11.4. The van der Waals surface area contributed by atoms with Crippen LogP contribution in [0.1, 0.15) is 50.3 Å². The van der Waals surface area contributed by atoms with Gasteiger partial charge in [-0.2, -0.15) is 0 Å². The number of anilines is 1. The lowest BCUT2D eigenvalue weighted by molar-refractivity contribution is -0.140. The number of methoxy groups -OCH3 is 1. The van der Waals surface area contributed by atoms with Crippen LogP contribution < -0.4 is 14.4 Å². The molecule has 0 saturated heterocycles. The van der Waals surface area contributed by atoms with Crippen molar-refractivity contribution in [2.75, 3.05) is 18.0 Å². The quantitative estimate of drug-likeness (QED) is 0.260. The average Bonchev–Trinajstić information content (AvgIpc) is 2.97. The van der Waals surface area contributed by atoms with Gasteiger partial charge < -0.3 is 15.0 Å². The zero-order valence-electron chi connectivity index (χ0n) is 25.1. The number of halogens is 1. The van der Waals surface area contributed by atoms with Gasteiger partial charge in [-0.1, -0.05) is 43.6 Å². The second-order valence-electron chi connectivity index (χ2n) is 10.3. The van der Waals surface area contributed by atoms with E-state index in [-0.39, 0.29) is 23.4 Å². The maximum atomic E-state index is 14.2. The molecule has 3 aromatic carbocycles. The van der Waals surface area contributed by atoms with E-state index >= 15 is 0 Å². The lowest BCUT2D eigenvalue weighted by atomic mass is 10.1. The number of carbonyl (C=O) groups is 2. The summed E-state index contributed by atoms with van der Waals surface area (Å²) in [6.45, 7) is 9.13. The molecule has 0 saturated carbocycles. The number of carbonyl (C=O) groups excluding carboxylic acids is 2. The van der Waals surface area contributed by atoms with Crippen LogP contribution in [-0.4, -0.2) is 50.9 Å². The van der Waals surface area contributed by atoms with Gasteiger partial charge in [-0.25, -0.2) is 8.42 Å². The molecule has 10 heteroatoms. The Morgan fingerprint density at radius 3 is 2.12 bits per heavy atom. The molecule has 3 aromatic rings. The number of amides is 2. The first kappa shape index (κ1) is 32.9. The van der Waals surface area contributed by atoms with Crippen LogP contribution in [-0.2, 0) is 26.2 Å². The van der Waals surface area contributed by atoms with E-state index in [1.54, 1.807) is 31.4 Å². The second kappa shape index (κ2) is 14.6. The summed E-state index contributed by atoms with van der Waals surface area (Å²) in [6, 6.07) is 17.4. The molecule has 0 bridgehead atoms. The Balaban J connectivity index is 2.08. The van der Waals surface area contributed by atoms with Crippen LogP contribution in [0.15, 0.2) is 71.6 Å². The molecule has 0 fully saturated rings. The first-order chi connectivity index (χ1) is 19.9. The van der Waals surface area contributed by atoms with Crippen molar-refractivity contribution < 1.29 is 22.7 Å². The van der Waals surface area contributed by atoms with Gasteiger partial charge in [0.25, 0.3) is 10.0 Å². The normalized spacial score (nSPS) is 12.7. The van der Waals surface area contributed by atoms with Crippen molar-refractivity contribution in [2.45, 2.75) is 71.0 Å². The summed E-state index contributed by atoms with van der Waals surface area (Å²) in [5, 5.41) is 3.38. The summed E-state index contributed by atoms with van der Waals surface area (Å²) in [5.41, 5.74) is 2.99. The van der Waals surface area contributed by atoms with E-state index in [0.717, 1.165) is 27.4 Å². The molecule has 2 amide bonds. The van der Waals surface area contributed by atoms with Crippen LogP contribution in [0.2, 0.25) is 5.02 Å². The Morgan fingerprint density at radius 1 is 0.929 bits per heavy atom. The maximum absolute atomic E-state index is 14.2. The number of rotatable bonds is 13. The summed E-state index contributed by atoms with van der Waals surface area (Å²) in [4.78, 5) is 29.1. The number of benzene rings is 3. The lowest BCUT2D eigenvalue weighted by Crippen LogP contribution is -2.53. The zero-order valence-corrected chi connectivity index (χ0v) is 26.6. The van der Waals surface area contributed by atoms with Crippen molar-refractivity contribution >= 4 is 39.1 Å². The minimum atomic E-state index is -4.18. The first-order valence-electron chi connectivity index (χ1n) is 14.0. The van der Waals surface area contributed by atoms with Gasteiger partial charge in [0.15, 0.2) is 0 Å². The Bertz CT molecular complexity index is 1480. The monoisotopic (exact) mass is 613 g/mol. The third-order valence-corrected chi connectivity index (χ3v) is 9.40. The topological polar surface area (TPSA) is 96.0 Å². The molecule has 8 nitrogen and oxygen atoms in total. The standard InChI is InChI=1S/C32H40ClN3O5S/c1-7-24(5)34-32(38)30(8-2)35(20-25-10-15-28(41-6)16-11-25)31(37)21-36(27-14-9-22(3)23(4)19-27)42(39,40)29-17-12-26(33)13-18-29/h9-19,24,30H,7-8,20-21H2,1-6H3,(H,34,38)/t24-,30+/m0/s1. The lowest BCUT2D eigenvalue weighted by Gasteiger charge is -2.34. The minimum absolute atomic E-state index is 0.00110. The van der Waals surface area contributed by atoms with Crippen LogP contribution in [0, 0.1) is 13.8 Å². The van der Waals surface area contributed by atoms with Crippen LogP contribution in [0.4, 0.5) is 5.69 Å². The van der Waals surface area contributed by atoms with Crippen molar-refractivity contribution in [3.63, 3.8) is 0 Å². The van der Waals surface area contributed by atoms with Gasteiger partial charge in [0, 0.05) is 17.6 Å². The summed E-state index contributed by atoms with van der Waals surface area (Å²) in [7, 11) is -2.61. The van der Waals surface area contributed by atoms with E-state index < -0.39 is 28.5 Å². The van der Waals surface area contributed by atoms with Gasteiger partial charge in [0.2, 0.25) is 11.8 Å². The number of aryl methyl sites for hydroxylation is 2.